The molecule has 0 atom stereocenters. The summed E-state index contributed by atoms with van der Waals surface area (Å²) < 4.78 is 10.4. The van der Waals surface area contributed by atoms with Gasteiger partial charge in [-0.3, -0.25) is 14.9 Å². The number of benzene rings is 1. The van der Waals surface area contributed by atoms with E-state index < -0.39 is 23.4 Å². The van der Waals surface area contributed by atoms with E-state index in [9.17, 15) is 19.7 Å². The molecule has 4 rings (SSSR count). The van der Waals surface area contributed by atoms with Crippen molar-refractivity contribution in [3.8, 4) is 10.6 Å². The number of amides is 1. The second kappa shape index (κ2) is 8.73. The standard InChI is InChI=1S/C20H13ClN4O6S/c1-10-18-12(8-15(16-3-2-6-32-16)23-19(18)31-24-10)20(27)30-9-17(26)22-14-7-11(25(28)29)4-5-13(14)21/h2-8H,9H2,1H3,(H,22,26). The van der Waals surface area contributed by atoms with E-state index in [1.54, 1.807) is 13.0 Å². The lowest BCUT2D eigenvalue weighted by molar-refractivity contribution is -0.384. The van der Waals surface area contributed by atoms with Gasteiger partial charge in [0, 0.05) is 12.1 Å². The van der Waals surface area contributed by atoms with Crippen molar-refractivity contribution in [2.75, 3.05) is 11.9 Å². The predicted octanol–water partition coefficient (Wildman–Crippen LogP) is 4.62. The SMILES string of the molecule is Cc1noc2nc(-c3cccs3)cc(C(=O)OCC(=O)Nc3cc([N+](=O)[O-])ccc3Cl)c12. The average Bonchev–Trinajstić information content (AvgIpc) is 3.43. The van der Waals surface area contributed by atoms with Gasteiger partial charge in [0.1, 0.15) is 0 Å². The number of carbonyl (C=O) groups excluding carboxylic acids is 2. The first-order chi connectivity index (χ1) is 15.3. The van der Waals surface area contributed by atoms with E-state index in [1.807, 2.05) is 17.5 Å². The first-order valence-electron chi connectivity index (χ1n) is 9.05. The summed E-state index contributed by atoms with van der Waals surface area (Å²) in [7, 11) is 0. The molecule has 0 radical (unpaired) electrons. The van der Waals surface area contributed by atoms with Crippen molar-refractivity contribution in [2.45, 2.75) is 6.92 Å². The third kappa shape index (κ3) is 4.29. The second-order valence-electron chi connectivity index (χ2n) is 6.53. The molecule has 0 saturated carbocycles. The summed E-state index contributed by atoms with van der Waals surface area (Å²) in [5, 5.41) is 19.5. The first kappa shape index (κ1) is 21.4. The number of fused-ring (bicyclic) bond motifs is 1. The molecule has 1 aromatic carbocycles. The summed E-state index contributed by atoms with van der Waals surface area (Å²) in [6.07, 6.45) is 0. The number of halogens is 1. The Hall–Kier alpha value is -3.83. The van der Waals surface area contributed by atoms with Crippen LogP contribution in [0.5, 0.6) is 0 Å². The van der Waals surface area contributed by atoms with Gasteiger partial charge in [0.2, 0.25) is 0 Å². The summed E-state index contributed by atoms with van der Waals surface area (Å²) in [6.45, 7) is 1.02. The fraction of sp³-hybridized carbons (Fsp3) is 0.100. The van der Waals surface area contributed by atoms with Crippen molar-refractivity contribution < 1.29 is 23.8 Å². The van der Waals surface area contributed by atoms with Crippen LogP contribution in [-0.4, -0.2) is 33.5 Å². The molecule has 1 N–H and O–H groups in total. The summed E-state index contributed by atoms with van der Waals surface area (Å²) in [5.41, 5.74) is 1.06. The number of aryl methyl sites for hydroxylation is 1. The van der Waals surface area contributed by atoms with Crippen molar-refractivity contribution >= 4 is 57.3 Å². The fourth-order valence-electron chi connectivity index (χ4n) is 2.92. The maximum Gasteiger partial charge on any atom is 0.339 e. The van der Waals surface area contributed by atoms with E-state index in [0.29, 0.717) is 16.8 Å². The number of nitrogens with zero attached hydrogens (tertiary/aromatic N) is 3. The number of aromatic nitrogens is 2. The molecular weight excluding hydrogens is 460 g/mol. The van der Waals surface area contributed by atoms with E-state index in [0.717, 1.165) is 10.9 Å². The Balaban J connectivity index is 1.53. The zero-order valence-corrected chi connectivity index (χ0v) is 17.9. The number of pyridine rings is 1. The Bertz CT molecular complexity index is 1350. The van der Waals surface area contributed by atoms with Crippen LogP contribution in [0.4, 0.5) is 11.4 Å². The Morgan fingerprint density at radius 2 is 2.12 bits per heavy atom. The third-order valence-electron chi connectivity index (χ3n) is 4.38. The summed E-state index contributed by atoms with van der Waals surface area (Å²) >= 11 is 7.41. The van der Waals surface area contributed by atoms with Crippen LogP contribution in [0.15, 0.2) is 46.3 Å². The van der Waals surface area contributed by atoms with Crippen molar-refractivity contribution in [2.24, 2.45) is 0 Å². The molecule has 0 saturated heterocycles. The normalized spacial score (nSPS) is 10.8. The van der Waals surface area contributed by atoms with Crippen LogP contribution >= 0.6 is 22.9 Å². The van der Waals surface area contributed by atoms with E-state index in [1.165, 1.54) is 23.5 Å². The molecule has 3 aromatic heterocycles. The van der Waals surface area contributed by atoms with Gasteiger partial charge in [0.15, 0.2) is 6.61 Å². The van der Waals surface area contributed by atoms with Crippen molar-refractivity contribution in [1.29, 1.82) is 0 Å². The molecule has 3 heterocycles. The Kier molecular flexibility index (Phi) is 5.84. The van der Waals surface area contributed by atoms with Crippen LogP contribution in [-0.2, 0) is 9.53 Å². The van der Waals surface area contributed by atoms with Gasteiger partial charge < -0.3 is 14.6 Å². The van der Waals surface area contributed by atoms with Crippen LogP contribution < -0.4 is 5.32 Å². The van der Waals surface area contributed by atoms with Crippen LogP contribution in [0.2, 0.25) is 5.02 Å². The van der Waals surface area contributed by atoms with Crippen molar-refractivity contribution in [1.82, 2.24) is 10.1 Å². The fourth-order valence-corrected chi connectivity index (χ4v) is 3.77. The average molecular weight is 473 g/mol. The molecule has 0 aliphatic heterocycles. The van der Waals surface area contributed by atoms with E-state index in [4.69, 9.17) is 20.9 Å². The molecule has 0 aliphatic rings. The van der Waals surface area contributed by atoms with E-state index >= 15 is 0 Å². The summed E-state index contributed by atoms with van der Waals surface area (Å²) in [6, 6.07) is 8.85. The van der Waals surface area contributed by atoms with Gasteiger partial charge in [-0.1, -0.05) is 22.8 Å². The lowest BCUT2D eigenvalue weighted by Gasteiger charge is -2.09. The van der Waals surface area contributed by atoms with Crippen LogP contribution in [0.1, 0.15) is 16.1 Å². The van der Waals surface area contributed by atoms with Crippen molar-refractivity contribution in [3.63, 3.8) is 0 Å². The molecule has 0 aliphatic carbocycles. The number of nitro groups is 1. The maximum absolute atomic E-state index is 12.8. The molecule has 0 fully saturated rings. The lowest BCUT2D eigenvalue weighted by atomic mass is 10.1. The number of anilines is 1. The van der Waals surface area contributed by atoms with Crippen LogP contribution in [0, 0.1) is 17.0 Å². The number of rotatable bonds is 6. The highest BCUT2D eigenvalue weighted by atomic mass is 35.5. The highest BCUT2D eigenvalue weighted by Crippen LogP contribution is 2.30. The number of nitrogens with one attached hydrogen (secondary N) is 1. The highest BCUT2D eigenvalue weighted by Gasteiger charge is 2.22. The van der Waals surface area contributed by atoms with Gasteiger partial charge in [-0.25, -0.2) is 9.78 Å². The number of hydrogen-bond acceptors (Lipinski definition) is 9. The number of non-ortho nitro benzene ring substituents is 1. The Morgan fingerprint density at radius 3 is 2.84 bits per heavy atom. The third-order valence-corrected chi connectivity index (χ3v) is 5.60. The molecule has 1 amide bonds. The number of esters is 1. The minimum atomic E-state index is -0.776. The molecular formula is C20H13ClN4O6S. The first-order valence-corrected chi connectivity index (χ1v) is 10.3. The van der Waals surface area contributed by atoms with E-state index in [-0.39, 0.29) is 27.7 Å². The topological polar surface area (TPSA) is 137 Å². The minimum absolute atomic E-state index is 0.0306. The van der Waals surface area contributed by atoms with Gasteiger partial charge in [-0.05, 0) is 30.5 Å². The number of thiophene rings is 1. The Morgan fingerprint density at radius 1 is 1.31 bits per heavy atom. The molecule has 162 valence electrons. The lowest BCUT2D eigenvalue weighted by Crippen LogP contribution is -2.21. The van der Waals surface area contributed by atoms with Crippen LogP contribution in [0.25, 0.3) is 21.7 Å². The molecule has 10 nitrogen and oxygen atoms in total. The summed E-state index contributed by atoms with van der Waals surface area (Å²) in [5.74, 6) is -1.49. The monoisotopic (exact) mass is 472 g/mol. The van der Waals surface area contributed by atoms with E-state index in [2.05, 4.69) is 15.5 Å². The van der Waals surface area contributed by atoms with Gasteiger partial charge in [-0.15, -0.1) is 11.3 Å². The number of nitro benzene ring substituents is 1. The molecule has 12 heteroatoms. The van der Waals surface area contributed by atoms with Crippen molar-refractivity contribution in [3.05, 3.63) is 68.2 Å². The predicted molar refractivity (Wildman–Crippen MR) is 117 cm³/mol. The number of hydrogen-bond donors (Lipinski definition) is 1. The highest BCUT2D eigenvalue weighted by molar-refractivity contribution is 7.13. The smallest absolute Gasteiger partial charge is 0.339 e. The number of ether oxygens (including phenoxy) is 1. The molecule has 0 bridgehead atoms. The quantitative estimate of drug-likeness (QED) is 0.244. The van der Waals surface area contributed by atoms with Gasteiger partial charge >= 0.3 is 5.97 Å². The summed E-state index contributed by atoms with van der Waals surface area (Å²) in [4.78, 5) is 40.5. The molecule has 0 spiro atoms. The molecule has 4 aromatic rings. The maximum atomic E-state index is 12.8. The zero-order valence-electron chi connectivity index (χ0n) is 16.3. The zero-order chi connectivity index (χ0) is 22.8. The largest absolute Gasteiger partial charge is 0.452 e. The number of carbonyl (C=O) groups is 2. The van der Waals surface area contributed by atoms with Gasteiger partial charge in [-0.2, -0.15) is 0 Å². The van der Waals surface area contributed by atoms with Crippen LogP contribution in [0.3, 0.4) is 0 Å². The van der Waals surface area contributed by atoms with Gasteiger partial charge in [0.25, 0.3) is 17.3 Å². The second-order valence-corrected chi connectivity index (χ2v) is 7.88. The molecule has 0 unspecified atom stereocenters. The minimum Gasteiger partial charge on any atom is -0.452 e. The van der Waals surface area contributed by atoms with Gasteiger partial charge in [0.05, 0.1) is 42.8 Å². The molecule has 32 heavy (non-hydrogen) atoms. The Labute approximate surface area is 188 Å².